The van der Waals surface area contributed by atoms with Crippen molar-refractivity contribution in [2.75, 3.05) is 6.61 Å². The van der Waals surface area contributed by atoms with E-state index >= 15 is 0 Å². The monoisotopic (exact) mass is 283 g/mol. The largest absolute Gasteiger partial charge is 0.480 e. The molecule has 102 valence electrons. The average molecular weight is 284 g/mol. The molecule has 1 aromatic carbocycles. The molecule has 1 aliphatic heterocycles. The molecule has 2 rings (SSSR count). The number of aliphatic carboxylic acids is 1. The van der Waals surface area contributed by atoms with Crippen molar-refractivity contribution in [3.05, 3.63) is 34.3 Å². The number of benzene rings is 1. The average Bonchev–Trinajstić information content (AvgIpc) is 2.37. The molecule has 0 fully saturated rings. The number of nitrogens with zero attached hydrogens (tertiary/aromatic N) is 1. The Bertz CT molecular complexity index is 517. The topological polar surface area (TPSA) is 66.8 Å². The molecule has 1 aliphatic rings. The summed E-state index contributed by atoms with van der Waals surface area (Å²) in [4.78, 5) is 24.3. The van der Waals surface area contributed by atoms with Gasteiger partial charge in [0.2, 0.25) is 0 Å². The summed E-state index contributed by atoms with van der Waals surface area (Å²) < 4.78 is 4.90. The second-order valence-electron chi connectivity index (χ2n) is 4.30. The minimum atomic E-state index is -1.04. The third-order valence-electron chi connectivity index (χ3n) is 3.09. The van der Waals surface area contributed by atoms with Crippen LogP contribution in [0.1, 0.15) is 18.1 Å². The molecule has 5 nitrogen and oxygen atoms in total. The van der Waals surface area contributed by atoms with Crippen molar-refractivity contribution in [3.8, 4) is 0 Å². The van der Waals surface area contributed by atoms with E-state index in [9.17, 15) is 14.7 Å². The second kappa shape index (κ2) is 5.48. The molecular formula is C13H14ClNO4. The summed E-state index contributed by atoms with van der Waals surface area (Å²) in [6.45, 7) is 2.13. The maximum absolute atomic E-state index is 11.8. The summed E-state index contributed by atoms with van der Waals surface area (Å²) in [5, 5.41) is 9.80. The van der Waals surface area contributed by atoms with E-state index in [-0.39, 0.29) is 19.6 Å². The number of hydrogen-bond donors (Lipinski definition) is 1. The number of carboxylic acid groups (broad SMARTS) is 1. The Hall–Kier alpha value is -1.75. The molecule has 1 N–H and O–H groups in total. The first-order valence-electron chi connectivity index (χ1n) is 5.96. The second-order valence-corrected chi connectivity index (χ2v) is 4.73. The van der Waals surface area contributed by atoms with Crippen LogP contribution in [0.25, 0.3) is 0 Å². The van der Waals surface area contributed by atoms with Gasteiger partial charge in [-0.1, -0.05) is 17.7 Å². The first-order chi connectivity index (χ1) is 9.02. The number of carbonyl (C=O) groups is 2. The highest BCUT2D eigenvalue weighted by Crippen LogP contribution is 2.26. The van der Waals surface area contributed by atoms with Crippen molar-refractivity contribution in [1.82, 2.24) is 4.90 Å². The van der Waals surface area contributed by atoms with Crippen LogP contribution in [0, 0.1) is 0 Å². The molecular weight excluding hydrogens is 270 g/mol. The molecule has 0 radical (unpaired) electrons. The van der Waals surface area contributed by atoms with Gasteiger partial charge in [0.25, 0.3) is 0 Å². The molecule has 0 saturated heterocycles. The normalized spacial score (nSPS) is 17.8. The summed E-state index contributed by atoms with van der Waals surface area (Å²) in [6, 6.07) is 4.37. The lowest BCUT2D eigenvalue weighted by Crippen LogP contribution is -2.48. The molecule has 0 spiro atoms. The molecule has 0 bridgehead atoms. The molecule has 1 amide bonds. The minimum Gasteiger partial charge on any atom is -0.480 e. The van der Waals surface area contributed by atoms with E-state index in [0.717, 1.165) is 11.1 Å². The van der Waals surface area contributed by atoms with Crippen LogP contribution in [-0.2, 0) is 22.5 Å². The number of ether oxygens (including phenoxy) is 1. The van der Waals surface area contributed by atoms with E-state index in [0.29, 0.717) is 5.02 Å². The number of carboxylic acids is 1. The number of carbonyl (C=O) groups excluding carboxylic acids is 1. The van der Waals surface area contributed by atoms with Gasteiger partial charge in [0.15, 0.2) is 0 Å². The fourth-order valence-corrected chi connectivity index (χ4v) is 2.36. The quantitative estimate of drug-likeness (QED) is 0.904. The van der Waals surface area contributed by atoms with Gasteiger partial charge >= 0.3 is 12.1 Å². The van der Waals surface area contributed by atoms with Crippen LogP contribution in [0.5, 0.6) is 0 Å². The van der Waals surface area contributed by atoms with Crippen molar-refractivity contribution >= 4 is 23.7 Å². The molecule has 0 unspecified atom stereocenters. The van der Waals surface area contributed by atoms with Crippen molar-refractivity contribution in [2.45, 2.75) is 25.9 Å². The number of amides is 1. The van der Waals surface area contributed by atoms with Gasteiger partial charge in [0.05, 0.1) is 13.2 Å². The highest BCUT2D eigenvalue weighted by Gasteiger charge is 2.35. The summed E-state index contributed by atoms with van der Waals surface area (Å²) in [6.07, 6.45) is -0.361. The third kappa shape index (κ3) is 2.81. The van der Waals surface area contributed by atoms with Crippen LogP contribution in [0.4, 0.5) is 4.79 Å². The minimum absolute atomic E-state index is 0.217. The first-order valence-corrected chi connectivity index (χ1v) is 6.34. The molecule has 1 heterocycles. The molecule has 0 saturated carbocycles. The molecule has 1 atom stereocenters. The van der Waals surface area contributed by atoms with Gasteiger partial charge in [0.1, 0.15) is 6.04 Å². The Morgan fingerprint density at radius 3 is 2.84 bits per heavy atom. The SMILES string of the molecule is CCOC(=O)N1Cc2ccc(Cl)cc2C[C@@H]1C(=O)O. The van der Waals surface area contributed by atoms with Crippen molar-refractivity contribution in [1.29, 1.82) is 0 Å². The Kier molecular flexibility index (Phi) is 3.95. The lowest BCUT2D eigenvalue weighted by Gasteiger charge is -2.33. The molecule has 6 heteroatoms. The number of halogens is 1. The van der Waals surface area contributed by atoms with Gasteiger partial charge in [-0.2, -0.15) is 0 Å². The lowest BCUT2D eigenvalue weighted by molar-refractivity contribution is -0.143. The fraction of sp³-hybridized carbons (Fsp3) is 0.385. The Morgan fingerprint density at radius 2 is 2.21 bits per heavy atom. The first kappa shape index (κ1) is 13.7. The Balaban J connectivity index is 2.32. The van der Waals surface area contributed by atoms with Crippen LogP contribution in [-0.4, -0.2) is 34.7 Å². The van der Waals surface area contributed by atoms with E-state index < -0.39 is 18.1 Å². The van der Waals surface area contributed by atoms with Crippen molar-refractivity contribution < 1.29 is 19.4 Å². The van der Waals surface area contributed by atoms with Crippen LogP contribution in [0.15, 0.2) is 18.2 Å². The standard InChI is InChI=1S/C13H14ClNO4/c1-2-19-13(18)15-7-8-3-4-10(14)5-9(8)6-11(15)12(16)17/h3-5,11H,2,6-7H2,1H3,(H,16,17)/t11-/m1/s1. The van der Waals surface area contributed by atoms with Gasteiger partial charge in [-0.25, -0.2) is 9.59 Å². The number of fused-ring (bicyclic) bond motifs is 1. The van der Waals surface area contributed by atoms with Gasteiger partial charge in [0, 0.05) is 11.4 Å². The van der Waals surface area contributed by atoms with Crippen LogP contribution in [0.2, 0.25) is 5.02 Å². The molecule has 1 aromatic rings. The van der Waals surface area contributed by atoms with Gasteiger partial charge in [-0.05, 0) is 30.2 Å². The van der Waals surface area contributed by atoms with E-state index in [1.807, 2.05) is 6.07 Å². The Labute approximate surface area is 115 Å². The highest BCUT2D eigenvalue weighted by atomic mass is 35.5. The summed E-state index contributed by atoms with van der Waals surface area (Å²) in [5.74, 6) is -1.04. The van der Waals surface area contributed by atoms with E-state index in [4.69, 9.17) is 16.3 Å². The zero-order chi connectivity index (χ0) is 14.0. The summed E-state index contributed by atoms with van der Waals surface area (Å²) >= 11 is 5.90. The van der Waals surface area contributed by atoms with Crippen molar-refractivity contribution in [2.24, 2.45) is 0 Å². The highest BCUT2D eigenvalue weighted by molar-refractivity contribution is 6.30. The van der Waals surface area contributed by atoms with Crippen LogP contribution in [0.3, 0.4) is 0 Å². The van der Waals surface area contributed by atoms with Crippen LogP contribution < -0.4 is 0 Å². The number of rotatable bonds is 2. The van der Waals surface area contributed by atoms with Gasteiger partial charge < -0.3 is 9.84 Å². The van der Waals surface area contributed by atoms with Crippen molar-refractivity contribution in [3.63, 3.8) is 0 Å². The molecule has 0 aromatic heterocycles. The maximum Gasteiger partial charge on any atom is 0.410 e. The summed E-state index contributed by atoms with van der Waals surface area (Å²) in [7, 11) is 0. The molecule has 19 heavy (non-hydrogen) atoms. The lowest BCUT2D eigenvalue weighted by atomic mass is 9.94. The van der Waals surface area contributed by atoms with E-state index in [1.165, 1.54) is 4.90 Å². The molecule has 0 aliphatic carbocycles. The predicted octanol–water partition coefficient (Wildman–Crippen LogP) is 2.31. The predicted molar refractivity (Wildman–Crippen MR) is 69.1 cm³/mol. The maximum atomic E-state index is 11.8. The smallest absolute Gasteiger partial charge is 0.410 e. The zero-order valence-electron chi connectivity index (χ0n) is 10.4. The van der Waals surface area contributed by atoms with Crippen LogP contribution >= 0.6 is 11.6 Å². The Morgan fingerprint density at radius 1 is 1.47 bits per heavy atom. The zero-order valence-corrected chi connectivity index (χ0v) is 11.2. The summed E-state index contributed by atoms with van der Waals surface area (Å²) in [5.41, 5.74) is 1.76. The third-order valence-corrected chi connectivity index (χ3v) is 3.32. The van der Waals surface area contributed by atoms with Gasteiger partial charge in [-0.3, -0.25) is 4.90 Å². The fourth-order valence-electron chi connectivity index (χ4n) is 2.17. The van der Waals surface area contributed by atoms with E-state index in [1.54, 1.807) is 19.1 Å². The van der Waals surface area contributed by atoms with Gasteiger partial charge in [-0.15, -0.1) is 0 Å². The number of hydrogen-bond acceptors (Lipinski definition) is 3. The van der Waals surface area contributed by atoms with E-state index in [2.05, 4.69) is 0 Å².